The van der Waals surface area contributed by atoms with Crippen molar-refractivity contribution in [2.24, 2.45) is 11.7 Å². The monoisotopic (exact) mass is 137 g/mol. The molecular weight excluding hydrogens is 122 g/mol. The lowest BCUT2D eigenvalue weighted by Gasteiger charge is -2.30. The molecule has 0 spiro atoms. The van der Waals surface area contributed by atoms with Gasteiger partial charge in [-0.25, -0.2) is 0 Å². The third-order valence-corrected chi connectivity index (χ3v) is 2.67. The van der Waals surface area contributed by atoms with E-state index in [1.54, 1.807) is 5.57 Å². The predicted octanol–water partition coefficient (Wildman–Crippen LogP) is 1.83. The minimum absolute atomic E-state index is 0.492. The average molecular weight is 137 g/mol. The summed E-state index contributed by atoms with van der Waals surface area (Å²) >= 11 is 0. The van der Waals surface area contributed by atoms with Crippen molar-refractivity contribution in [2.45, 2.75) is 38.1 Å². The Bertz CT molecular complexity index is 148. The van der Waals surface area contributed by atoms with Crippen LogP contribution in [0.4, 0.5) is 0 Å². The minimum atomic E-state index is 0.492. The van der Waals surface area contributed by atoms with Crippen LogP contribution in [-0.4, -0.2) is 6.04 Å². The highest BCUT2D eigenvalue weighted by Gasteiger charge is 2.22. The fourth-order valence-corrected chi connectivity index (χ4v) is 1.69. The van der Waals surface area contributed by atoms with Crippen molar-refractivity contribution in [3.63, 3.8) is 0 Å². The van der Waals surface area contributed by atoms with E-state index in [1.165, 1.54) is 32.1 Å². The van der Waals surface area contributed by atoms with Gasteiger partial charge in [-0.1, -0.05) is 18.1 Å². The molecule has 10 heavy (non-hydrogen) atoms. The van der Waals surface area contributed by atoms with Crippen LogP contribution in [0.1, 0.15) is 32.1 Å². The maximum atomic E-state index is 5.66. The molecule has 2 aliphatic rings. The van der Waals surface area contributed by atoms with Gasteiger partial charge in [0.15, 0.2) is 0 Å². The zero-order valence-electron chi connectivity index (χ0n) is 6.34. The molecule has 0 unspecified atom stereocenters. The Morgan fingerprint density at radius 3 is 2.40 bits per heavy atom. The normalized spacial score (nSPS) is 32.9. The van der Waals surface area contributed by atoms with E-state index < -0.39 is 0 Å². The quantitative estimate of drug-likeness (QED) is 0.548. The number of allylic oxidation sites excluding steroid dienone is 1. The van der Waals surface area contributed by atoms with E-state index in [1.807, 2.05) is 0 Å². The summed E-state index contributed by atoms with van der Waals surface area (Å²) in [7, 11) is 0. The maximum Gasteiger partial charge on any atom is 0.0113 e. The SMILES string of the molecule is NC1CC(=CC2CCC2)C1. The van der Waals surface area contributed by atoms with Crippen molar-refractivity contribution >= 4 is 0 Å². The Morgan fingerprint density at radius 1 is 1.30 bits per heavy atom. The van der Waals surface area contributed by atoms with E-state index in [-0.39, 0.29) is 0 Å². The summed E-state index contributed by atoms with van der Waals surface area (Å²) in [5.41, 5.74) is 7.29. The summed E-state index contributed by atoms with van der Waals surface area (Å²) < 4.78 is 0. The molecule has 2 saturated carbocycles. The van der Waals surface area contributed by atoms with Gasteiger partial charge in [0, 0.05) is 6.04 Å². The van der Waals surface area contributed by atoms with Gasteiger partial charge in [-0.2, -0.15) is 0 Å². The molecule has 2 N–H and O–H groups in total. The number of nitrogens with two attached hydrogens (primary N) is 1. The van der Waals surface area contributed by atoms with Gasteiger partial charge < -0.3 is 5.73 Å². The van der Waals surface area contributed by atoms with Crippen LogP contribution < -0.4 is 5.73 Å². The molecule has 0 aromatic heterocycles. The maximum absolute atomic E-state index is 5.66. The van der Waals surface area contributed by atoms with Crippen molar-refractivity contribution in [1.82, 2.24) is 0 Å². The predicted molar refractivity (Wildman–Crippen MR) is 42.6 cm³/mol. The Kier molecular flexibility index (Phi) is 1.53. The third-order valence-electron chi connectivity index (χ3n) is 2.67. The summed E-state index contributed by atoms with van der Waals surface area (Å²) in [5.74, 6) is 0.933. The molecule has 0 aromatic rings. The van der Waals surface area contributed by atoms with Crippen molar-refractivity contribution in [3.05, 3.63) is 11.6 Å². The summed E-state index contributed by atoms with van der Waals surface area (Å²) in [4.78, 5) is 0. The van der Waals surface area contributed by atoms with E-state index in [9.17, 15) is 0 Å². The Hall–Kier alpha value is -0.300. The lowest BCUT2D eigenvalue weighted by Crippen LogP contribution is -2.30. The highest BCUT2D eigenvalue weighted by molar-refractivity contribution is 5.17. The van der Waals surface area contributed by atoms with Crippen molar-refractivity contribution in [1.29, 1.82) is 0 Å². The second kappa shape index (κ2) is 2.39. The fraction of sp³-hybridized carbons (Fsp3) is 0.778. The van der Waals surface area contributed by atoms with Gasteiger partial charge in [-0.15, -0.1) is 0 Å². The second-order valence-corrected chi connectivity index (χ2v) is 3.68. The molecule has 0 heterocycles. The average Bonchev–Trinajstić information content (AvgIpc) is 1.72. The van der Waals surface area contributed by atoms with Gasteiger partial charge in [0.1, 0.15) is 0 Å². The Morgan fingerprint density at radius 2 is 2.00 bits per heavy atom. The van der Waals surface area contributed by atoms with Crippen molar-refractivity contribution in [3.8, 4) is 0 Å². The van der Waals surface area contributed by atoms with E-state index in [0.717, 1.165) is 5.92 Å². The van der Waals surface area contributed by atoms with Crippen LogP contribution in [0, 0.1) is 5.92 Å². The van der Waals surface area contributed by atoms with Crippen molar-refractivity contribution < 1.29 is 0 Å². The first kappa shape index (κ1) is 6.41. The molecule has 2 fully saturated rings. The van der Waals surface area contributed by atoms with E-state index >= 15 is 0 Å². The van der Waals surface area contributed by atoms with Gasteiger partial charge in [-0.05, 0) is 31.6 Å². The number of hydrogen-bond acceptors (Lipinski definition) is 1. The molecule has 0 bridgehead atoms. The van der Waals surface area contributed by atoms with Crippen LogP contribution in [0.2, 0.25) is 0 Å². The van der Waals surface area contributed by atoms with Crippen LogP contribution in [-0.2, 0) is 0 Å². The van der Waals surface area contributed by atoms with Crippen LogP contribution >= 0.6 is 0 Å². The van der Waals surface area contributed by atoms with Gasteiger partial charge in [0.25, 0.3) is 0 Å². The molecule has 0 amide bonds. The second-order valence-electron chi connectivity index (χ2n) is 3.68. The van der Waals surface area contributed by atoms with Crippen LogP contribution in [0.15, 0.2) is 11.6 Å². The molecule has 2 aliphatic carbocycles. The zero-order valence-corrected chi connectivity index (χ0v) is 6.34. The molecule has 0 atom stereocenters. The molecule has 0 saturated heterocycles. The van der Waals surface area contributed by atoms with E-state index in [4.69, 9.17) is 5.73 Å². The number of rotatable bonds is 1. The van der Waals surface area contributed by atoms with Gasteiger partial charge in [0.05, 0.1) is 0 Å². The highest BCUT2D eigenvalue weighted by Crippen LogP contribution is 2.33. The van der Waals surface area contributed by atoms with Crippen LogP contribution in [0.5, 0.6) is 0 Å². The third kappa shape index (κ3) is 1.10. The highest BCUT2D eigenvalue weighted by atomic mass is 14.7. The summed E-state index contributed by atoms with van der Waals surface area (Å²) in [5, 5.41) is 0. The molecule has 56 valence electrons. The standard InChI is InChI=1S/C9H15N/c10-9-5-8(6-9)4-7-2-1-3-7/h4,7,9H,1-3,5-6,10H2. The smallest absolute Gasteiger partial charge is 0.0113 e. The van der Waals surface area contributed by atoms with Crippen molar-refractivity contribution in [2.75, 3.05) is 0 Å². The van der Waals surface area contributed by atoms with E-state index in [2.05, 4.69) is 6.08 Å². The fourth-order valence-electron chi connectivity index (χ4n) is 1.69. The van der Waals surface area contributed by atoms with E-state index in [0.29, 0.717) is 6.04 Å². The molecule has 1 nitrogen and oxygen atoms in total. The summed E-state index contributed by atoms with van der Waals surface area (Å²) in [6, 6.07) is 0.492. The molecule has 0 aromatic carbocycles. The Labute approximate surface area is 62.3 Å². The first-order valence-electron chi connectivity index (χ1n) is 4.30. The van der Waals surface area contributed by atoms with Gasteiger partial charge in [0.2, 0.25) is 0 Å². The van der Waals surface area contributed by atoms with Crippen LogP contribution in [0.25, 0.3) is 0 Å². The Balaban J connectivity index is 1.81. The lowest BCUT2D eigenvalue weighted by atomic mass is 9.78. The lowest BCUT2D eigenvalue weighted by molar-refractivity contribution is 0.378. The summed E-state index contributed by atoms with van der Waals surface area (Å²) in [6.07, 6.45) is 9.12. The first-order valence-corrected chi connectivity index (χ1v) is 4.30. The molecule has 2 rings (SSSR count). The van der Waals surface area contributed by atoms with Crippen LogP contribution in [0.3, 0.4) is 0 Å². The molecule has 1 heteroatoms. The van der Waals surface area contributed by atoms with Gasteiger partial charge in [-0.3, -0.25) is 0 Å². The van der Waals surface area contributed by atoms with Gasteiger partial charge >= 0.3 is 0 Å². The molecule has 0 aliphatic heterocycles. The summed E-state index contributed by atoms with van der Waals surface area (Å²) in [6.45, 7) is 0. The minimum Gasteiger partial charge on any atom is -0.327 e. The zero-order chi connectivity index (χ0) is 6.97. The topological polar surface area (TPSA) is 26.0 Å². The largest absolute Gasteiger partial charge is 0.327 e. The molecular formula is C9H15N. The first-order chi connectivity index (χ1) is 4.84. The molecule has 0 radical (unpaired) electrons. The number of hydrogen-bond donors (Lipinski definition) is 1.